The maximum atomic E-state index is 13.1. The topological polar surface area (TPSA) is 95.4 Å². The minimum absolute atomic E-state index is 0.329. The molecule has 1 aromatic carbocycles. The van der Waals surface area contributed by atoms with Crippen LogP contribution in [0.1, 0.15) is 41.3 Å². The van der Waals surface area contributed by atoms with E-state index in [9.17, 15) is 13.5 Å². The zero-order chi connectivity index (χ0) is 22.3. The molecule has 0 bridgehead atoms. The number of nitrogens with zero attached hydrogens (tertiary/aromatic N) is 3. The predicted molar refractivity (Wildman–Crippen MR) is 128 cm³/mol. The molecule has 2 aromatic heterocycles. The number of hydrogen-bond donors (Lipinski definition) is 2. The van der Waals surface area contributed by atoms with E-state index in [0.717, 1.165) is 45.0 Å². The smallest absolute Gasteiger partial charge is 0.217 e. The Balaban J connectivity index is 1.36. The summed E-state index contributed by atoms with van der Waals surface area (Å²) in [6.07, 6.45) is 2.08. The molecular formula is C22H23BrN4O3S2. The third-order valence-corrected chi connectivity index (χ3v) is 9.78. The Kier molecular flexibility index (Phi) is 6.17. The van der Waals surface area contributed by atoms with Crippen LogP contribution < -0.4 is 5.32 Å². The summed E-state index contributed by atoms with van der Waals surface area (Å²) in [6.45, 7) is 2.15. The highest BCUT2D eigenvalue weighted by Crippen LogP contribution is 2.32. The number of sulfonamides is 1. The van der Waals surface area contributed by atoms with Crippen molar-refractivity contribution in [3.05, 3.63) is 68.2 Å². The van der Waals surface area contributed by atoms with Crippen LogP contribution in [-0.2, 0) is 23.1 Å². The molecule has 2 N–H and O–H groups in total. The highest BCUT2D eigenvalue weighted by atomic mass is 79.9. The van der Waals surface area contributed by atoms with Crippen molar-refractivity contribution in [3.8, 4) is 11.3 Å². The molecule has 3 aromatic rings. The zero-order valence-corrected chi connectivity index (χ0v) is 20.5. The molecule has 32 heavy (non-hydrogen) atoms. The normalized spacial score (nSPS) is 18.6. The maximum Gasteiger partial charge on any atom is 0.217 e. The van der Waals surface area contributed by atoms with E-state index in [0.29, 0.717) is 31.6 Å². The van der Waals surface area contributed by atoms with Gasteiger partial charge in [0.2, 0.25) is 10.0 Å². The first-order valence-corrected chi connectivity index (χ1v) is 13.7. The highest BCUT2D eigenvalue weighted by Gasteiger charge is 2.36. The molecule has 2 aliphatic rings. The Morgan fingerprint density at radius 3 is 2.72 bits per heavy atom. The average Bonchev–Trinajstić information content (AvgIpc) is 3.45. The average molecular weight is 535 g/mol. The van der Waals surface area contributed by atoms with Crippen molar-refractivity contribution in [1.82, 2.24) is 19.6 Å². The quantitative estimate of drug-likeness (QED) is 0.520. The maximum absolute atomic E-state index is 13.1. The number of piperidine rings is 1. The molecule has 0 amide bonds. The second-order valence-electron chi connectivity index (χ2n) is 8.15. The summed E-state index contributed by atoms with van der Waals surface area (Å²) in [5, 5.41) is 15.8. The van der Waals surface area contributed by atoms with Gasteiger partial charge in [-0.25, -0.2) is 13.4 Å². The first-order chi connectivity index (χ1) is 15.4. The van der Waals surface area contributed by atoms with Crippen LogP contribution in [0.25, 0.3) is 11.3 Å². The van der Waals surface area contributed by atoms with Crippen molar-refractivity contribution in [2.45, 2.75) is 37.3 Å². The van der Waals surface area contributed by atoms with Gasteiger partial charge in [-0.2, -0.15) is 4.31 Å². The SMILES string of the molecule is O=S(=O)(C1CCNCC1)N1Cc2cnc(C(O)c3cccc(-c4csc(Br)n4)c3)cc2C1. The Bertz CT molecular complexity index is 1240. The molecular weight excluding hydrogens is 512 g/mol. The van der Waals surface area contributed by atoms with Crippen molar-refractivity contribution in [1.29, 1.82) is 0 Å². The van der Waals surface area contributed by atoms with E-state index in [1.165, 1.54) is 11.3 Å². The summed E-state index contributed by atoms with van der Waals surface area (Å²) < 4.78 is 28.6. The number of benzene rings is 1. The summed E-state index contributed by atoms with van der Waals surface area (Å²) in [4.78, 5) is 8.90. The van der Waals surface area contributed by atoms with Crippen molar-refractivity contribution in [2.24, 2.45) is 0 Å². The van der Waals surface area contributed by atoms with Gasteiger partial charge in [0.15, 0.2) is 3.92 Å². The highest BCUT2D eigenvalue weighted by molar-refractivity contribution is 9.11. The summed E-state index contributed by atoms with van der Waals surface area (Å²) in [6, 6.07) is 9.45. The van der Waals surface area contributed by atoms with E-state index in [4.69, 9.17) is 0 Å². The molecule has 1 saturated heterocycles. The van der Waals surface area contributed by atoms with Gasteiger partial charge in [0.1, 0.15) is 6.10 Å². The monoisotopic (exact) mass is 534 g/mol. The van der Waals surface area contributed by atoms with Crippen LogP contribution in [0, 0.1) is 0 Å². The van der Waals surface area contributed by atoms with E-state index >= 15 is 0 Å². The molecule has 5 rings (SSSR count). The van der Waals surface area contributed by atoms with Crippen molar-refractivity contribution in [2.75, 3.05) is 13.1 Å². The number of rotatable bonds is 5. The van der Waals surface area contributed by atoms with Crippen LogP contribution in [-0.4, -0.2) is 46.1 Å². The molecule has 0 spiro atoms. The lowest BCUT2D eigenvalue weighted by Gasteiger charge is -2.27. The molecule has 7 nitrogen and oxygen atoms in total. The molecule has 1 atom stereocenters. The number of pyridine rings is 1. The van der Waals surface area contributed by atoms with Gasteiger partial charge in [-0.15, -0.1) is 11.3 Å². The van der Waals surface area contributed by atoms with Crippen molar-refractivity contribution < 1.29 is 13.5 Å². The molecule has 0 aliphatic carbocycles. The molecule has 0 radical (unpaired) electrons. The van der Waals surface area contributed by atoms with Crippen molar-refractivity contribution in [3.63, 3.8) is 0 Å². The van der Waals surface area contributed by atoms with Gasteiger partial charge < -0.3 is 10.4 Å². The molecule has 1 fully saturated rings. The van der Waals surface area contributed by atoms with E-state index in [1.807, 2.05) is 35.7 Å². The fourth-order valence-electron chi connectivity index (χ4n) is 4.33. The summed E-state index contributed by atoms with van der Waals surface area (Å²) in [7, 11) is -3.36. The van der Waals surface area contributed by atoms with Crippen LogP contribution in [0.4, 0.5) is 0 Å². The van der Waals surface area contributed by atoms with Gasteiger partial charge in [-0.05, 0) is 70.7 Å². The van der Waals surface area contributed by atoms with Gasteiger partial charge in [0, 0.05) is 30.2 Å². The second-order valence-corrected chi connectivity index (χ2v) is 12.5. The summed E-state index contributed by atoms with van der Waals surface area (Å²) in [5.74, 6) is 0. The first kappa shape index (κ1) is 22.1. The largest absolute Gasteiger partial charge is 0.382 e. The number of aliphatic hydroxyl groups excluding tert-OH is 1. The number of nitrogens with one attached hydrogen (secondary N) is 1. The lowest BCUT2D eigenvalue weighted by atomic mass is 10.0. The lowest BCUT2D eigenvalue weighted by molar-refractivity contribution is 0.215. The fourth-order valence-corrected chi connectivity index (χ4v) is 7.24. The number of aromatic nitrogens is 2. The van der Waals surface area contributed by atoms with E-state index in [1.54, 1.807) is 10.5 Å². The number of hydrogen-bond acceptors (Lipinski definition) is 7. The molecule has 0 saturated carbocycles. The summed E-state index contributed by atoms with van der Waals surface area (Å²) in [5.41, 5.74) is 4.81. The Hall–Kier alpha value is -1.69. The van der Waals surface area contributed by atoms with Gasteiger partial charge in [0.05, 0.1) is 16.6 Å². The number of halogens is 1. The van der Waals surface area contributed by atoms with E-state index in [2.05, 4.69) is 31.2 Å². The first-order valence-electron chi connectivity index (χ1n) is 10.5. The molecule has 4 heterocycles. The zero-order valence-electron chi connectivity index (χ0n) is 17.2. The van der Waals surface area contributed by atoms with Crippen LogP contribution in [0.15, 0.2) is 45.8 Å². The Labute approximate surface area is 199 Å². The molecule has 10 heteroatoms. The van der Waals surface area contributed by atoms with Crippen LogP contribution in [0.5, 0.6) is 0 Å². The van der Waals surface area contributed by atoms with Gasteiger partial charge >= 0.3 is 0 Å². The van der Waals surface area contributed by atoms with Gasteiger partial charge in [-0.1, -0.05) is 18.2 Å². The molecule has 168 valence electrons. The van der Waals surface area contributed by atoms with E-state index < -0.39 is 16.1 Å². The van der Waals surface area contributed by atoms with Gasteiger partial charge in [0.25, 0.3) is 0 Å². The van der Waals surface area contributed by atoms with Crippen LogP contribution >= 0.6 is 27.3 Å². The number of aliphatic hydroxyl groups is 1. The predicted octanol–water partition coefficient (Wildman–Crippen LogP) is 3.45. The molecule has 2 aliphatic heterocycles. The minimum atomic E-state index is -3.36. The third kappa shape index (κ3) is 4.27. The lowest BCUT2D eigenvalue weighted by Crippen LogP contribution is -2.42. The standard InChI is InChI=1S/C22H23BrN4O3S2/c23-22-26-20(13-31-22)14-2-1-3-15(8-14)21(28)19-9-16-11-27(12-17(16)10-25-19)32(29,30)18-4-6-24-7-5-18/h1-3,8-10,13,18,21,24,28H,4-7,11-12H2. The Morgan fingerprint density at radius 1 is 1.19 bits per heavy atom. The van der Waals surface area contributed by atoms with Crippen LogP contribution in [0.2, 0.25) is 0 Å². The second kappa shape index (κ2) is 8.92. The fraction of sp³-hybridized carbons (Fsp3) is 0.364. The molecule has 1 unspecified atom stereocenters. The summed E-state index contributed by atoms with van der Waals surface area (Å²) >= 11 is 4.89. The van der Waals surface area contributed by atoms with Gasteiger partial charge in [-0.3, -0.25) is 4.98 Å². The third-order valence-electron chi connectivity index (χ3n) is 6.12. The van der Waals surface area contributed by atoms with E-state index in [-0.39, 0.29) is 5.25 Å². The number of fused-ring (bicyclic) bond motifs is 1. The Morgan fingerprint density at radius 2 is 1.97 bits per heavy atom. The van der Waals surface area contributed by atoms with Crippen molar-refractivity contribution >= 4 is 37.3 Å². The number of thiazole rings is 1. The van der Waals surface area contributed by atoms with Crippen LogP contribution in [0.3, 0.4) is 0 Å². The minimum Gasteiger partial charge on any atom is -0.382 e.